The van der Waals surface area contributed by atoms with Crippen molar-refractivity contribution in [1.82, 2.24) is 0 Å². The summed E-state index contributed by atoms with van der Waals surface area (Å²) in [7, 11) is 0. The molecule has 14 heavy (non-hydrogen) atoms. The number of hydrogen-bond donors (Lipinski definition) is 0. The van der Waals surface area contributed by atoms with Crippen LogP contribution in [0.5, 0.6) is 0 Å². The fourth-order valence-corrected chi connectivity index (χ4v) is 1.77. The van der Waals surface area contributed by atoms with Crippen molar-refractivity contribution in [2.24, 2.45) is 11.8 Å². The van der Waals surface area contributed by atoms with Gasteiger partial charge in [0, 0.05) is 5.92 Å². The number of carbonyl (C=O) groups excluding carboxylic acids is 3. The average Bonchev–Trinajstić information content (AvgIpc) is 2.01. The van der Waals surface area contributed by atoms with Crippen molar-refractivity contribution >= 4 is 17.3 Å². The maximum atomic E-state index is 11.3. The largest absolute Gasteiger partial charge is 0.300 e. The van der Waals surface area contributed by atoms with Gasteiger partial charge in [-0.1, -0.05) is 13.3 Å². The van der Waals surface area contributed by atoms with E-state index in [0.717, 1.165) is 6.42 Å². The Morgan fingerprint density at radius 1 is 0.929 bits per heavy atom. The van der Waals surface area contributed by atoms with Crippen LogP contribution in [0, 0.1) is 11.8 Å². The Bertz CT molecular complexity index is 229. The summed E-state index contributed by atoms with van der Waals surface area (Å²) in [5.41, 5.74) is 0. The van der Waals surface area contributed by atoms with Gasteiger partial charge in [0.1, 0.15) is 17.3 Å². The molecule has 0 rings (SSSR count). The molecular formula is C11H18O3. The molecule has 0 aliphatic rings. The van der Waals surface area contributed by atoms with Crippen molar-refractivity contribution in [2.75, 3.05) is 0 Å². The van der Waals surface area contributed by atoms with Gasteiger partial charge in [0.15, 0.2) is 0 Å². The van der Waals surface area contributed by atoms with E-state index in [9.17, 15) is 14.4 Å². The van der Waals surface area contributed by atoms with Gasteiger partial charge in [0.05, 0.1) is 5.92 Å². The molecule has 1 unspecified atom stereocenters. The van der Waals surface area contributed by atoms with Gasteiger partial charge in [-0.25, -0.2) is 0 Å². The Morgan fingerprint density at radius 2 is 1.36 bits per heavy atom. The summed E-state index contributed by atoms with van der Waals surface area (Å²) in [5, 5.41) is 0. The number of ketones is 3. The molecule has 0 aliphatic heterocycles. The third-order valence-electron chi connectivity index (χ3n) is 2.40. The van der Waals surface area contributed by atoms with Gasteiger partial charge in [-0.3, -0.25) is 14.4 Å². The van der Waals surface area contributed by atoms with Crippen molar-refractivity contribution in [1.29, 1.82) is 0 Å². The van der Waals surface area contributed by atoms with Gasteiger partial charge in [0.2, 0.25) is 0 Å². The van der Waals surface area contributed by atoms with Crippen LogP contribution in [0.25, 0.3) is 0 Å². The quantitative estimate of drug-likeness (QED) is 0.611. The van der Waals surface area contributed by atoms with Gasteiger partial charge in [-0.15, -0.1) is 0 Å². The minimum absolute atomic E-state index is 0.0674. The van der Waals surface area contributed by atoms with Gasteiger partial charge >= 0.3 is 0 Å². The molecule has 0 N–H and O–H groups in total. The highest BCUT2D eigenvalue weighted by molar-refractivity contribution is 6.04. The molecule has 0 bridgehead atoms. The lowest BCUT2D eigenvalue weighted by Gasteiger charge is -2.19. The Balaban J connectivity index is 4.82. The molecule has 0 spiro atoms. The summed E-state index contributed by atoms with van der Waals surface area (Å²) in [5.74, 6) is -1.62. The smallest absolute Gasteiger partial charge is 0.140 e. The summed E-state index contributed by atoms with van der Waals surface area (Å²) >= 11 is 0. The van der Waals surface area contributed by atoms with E-state index in [1.54, 1.807) is 0 Å². The molecular weight excluding hydrogens is 180 g/mol. The van der Waals surface area contributed by atoms with E-state index in [4.69, 9.17) is 0 Å². The van der Waals surface area contributed by atoms with Crippen molar-refractivity contribution in [3.8, 4) is 0 Å². The van der Waals surface area contributed by atoms with Crippen LogP contribution in [0.3, 0.4) is 0 Å². The van der Waals surface area contributed by atoms with Crippen molar-refractivity contribution in [2.45, 2.75) is 40.5 Å². The van der Waals surface area contributed by atoms with Crippen molar-refractivity contribution in [3.05, 3.63) is 0 Å². The molecule has 3 nitrogen and oxygen atoms in total. The van der Waals surface area contributed by atoms with Crippen LogP contribution >= 0.6 is 0 Å². The van der Waals surface area contributed by atoms with Crippen molar-refractivity contribution in [3.63, 3.8) is 0 Å². The van der Waals surface area contributed by atoms with Crippen LogP contribution in [0.15, 0.2) is 0 Å². The maximum absolute atomic E-state index is 11.3. The number of hydrogen-bond acceptors (Lipinski definition) is 3. The molecule has 80 valence electrons. The zero-order valence-corrected chi connectivity index (χ0v) is 9.29. The van der Waals surface area contributed by atoms with E-state index in [1.807, 2.05) is 6.92 Å². The normalized spacial score (nSPS) is 12.6. The van der Waals surface area contributed by atoms with Gasteiger partial charge in [-0.2, -0.15) is 0 Å². The molecule has 0 fully saturated rings. The topological polar surface area (TPSA) is 51.2 Å². The number of Topliss-reactive ketones (excluding diaryl/α,β-unsaturated/α-hetero) is 3. The molecule has 0 saturated heterocycles. The highest BCUT2D eigenvalue weighted by Gasteiger charge is 2.31. The lowest BCUT2D eigenvalue weighted by molar-refractivity contribution is -0.138. The first-order valence-corrected chi connectivity index (χ1v) is 4.93. The van der Waals surface area contributed by atoms with Crippen LogP contribution in [-0.4, -0.2) is 17.3 Å². The maximum Gasteiger partial charge on any atom is 0.140 e. The van der Waals surface area contributed by atoms with Crippen LogP contribution in [-0.2, 0) is 14.4 Å². The zero-order chi connectivity index (χ0) is 11.3. The zero-order valence-electron chi connectivity index (χ0n) is 9.29. The molecule has 0 heterocycles. The van der Waals surface area contributed by atoms with E-state index < -0.39 is 11.8 Å². The molecule has 0 aromatic carbocycles. The Kier molecular flexibility index (Phi) is 5.28. The van der Waals surface area contributed by atoms with Crippen molar-refractivity contribution < 1.29 is 14.4 Å². The Hall–Kier alpha value is -0.990. The predicted molar refractivity (Wildman–Crippen MR) is 53.9 cm³/mol. The monoisotopic (exact) mass is 198 g/mol. The summed E-state index contributed by atoms with van der Waals surface area (Å²) in [6, 6.07) is 0. The number of carbonyl (C=O) groups is 3. The molecule has 1 atom stereocenters. The standard InChI is InChI=1S/C11H18O3/c1-5-6-10(7(2)12)11(8(3)13)9(4)14/h10-11H,5-6H2,1-4H3. The van der Waals surface area contributed by atoms with Gasteiger partial charge in [-0.05, 0) is 27.2 Å². The SMILES string of the molecule is CCCC(C(C)=O)C(C(C)=O)C(C)=O. The van der Waals surface area contributed by atoms with E-state index in [0.29, 0.717) is 6.42 Å². The minimum Gasteiger partial charge on any atom is -0.300 e. The van der Waals surface area contributed by atoms with Gasteiger partial charge < -0.3 is 0 Å². The molecule has 0 aromatic heterocycles. The van der Waals surface area contributed by atoms with Gasteiger partial charge in [0.25, 0.3) is 0 Å². The molecule has 3 heteroatoms. The fourth-order valence-electron chi connectivity index (χ4n) is 1.77. The van der Waals surface area contributed by atoms with E-state index in [1.165, 1.54) is 20.8 Å². The lowest BCUT2D eigenvalue weighted by atomic mass is 9.81. The molecule has 0 saturated carbocycles. The third kappa shape index (κ3) is 3.40. The van der Waals surface area contributed by atoms with E-state index in [-0.39, 0.29) is 17.3 Å². The first-order chi connectivity index (χ1) is 6.41. The van der Waals surface area contributed by atoms with E-state index in [2.05, 4.69) is 0 Å². The summed E-state index contributed by atoms with van der Waals surface area (Å²) in [4.78, 5) is 33.7. The lowest BCUT2D eigenvalue weighted by Crippen LogP contribution is -2.32. The Morgan fingerprint density at radius 3 is 1.57 bits per heavy atom. The van der Waals surface area contributed by atoms with Crippen LogP contribution in [0.2, 0.25) is 0 Å². The summed E-state index contributed by atoms with van der Waals surface area (Å²) in [6.07, 6.45) is 1.42. The first-order valence-electron chi connectivity index (χ1n) is 4.93. The highest BCUT2D eigenvalue weighted by atomic mass is 16.2. The predicted octanol–water partition coefficient (Wildman–Crippen LogP) is 1.79. The molecule has 0 radical (unpaired) electrons. The van der Waals surface area contributed by atoms with E-state index >= 15 is 0 Å². The second kappa shape index (κ2) is 5.68. The highest BCUT2D eigenvalue weighted by Crippen LogP contribution is 2.21. The molecule has 0 amide bonds. The Labute approximate surface area is 84.9 Å². The molecule has 0 aromatic rings. The first kappa shape index (κ1) is 13.0. The minimum atomic E-state index is -0.729. The van der Waals surface area contributed by atoms with Crippen LogP contribution in [0.1, 0.15) is 40.5 Å². The summed E-state index contributed by atoms with van der Waals surface area (Å²) < 4.78 is 0. The second-order valence-electron chi connectivity index (χ2n) is 3.70. The summed E-state index contributed by atoms with van der Waals surface area (Å²) in [6.45, 7) is 6.13. The fraction of sp³-hybridized carbons (Fsp3) is 0.727. The second-order valence-corrected chi connectivity index (χ2v) is 3.70. The molecule has 0 aliphatic carbocycles. The average molecular weight is 198 g/mol. The number of rotatable bonds is 6. The third-order valence-corrected chi connectivity index (χ3v) is 2.40. The van der Waals surface area contributed by atoms with Crippen LogP contribution < -0.4 is 0 Å². The van der Waals surface area contributed by atoms with Crippen LogP contribution in [0.4, 0.5) is 0 Å².